The zero-order valence-corrected chi connectivity index (χ0v) is 14.4. The van der Waals surface area contributed by atoms with E-state index in [1.807, 2.05) is 0 Å². The minimum atomic E-state index is -0.787. The van der Waals surface area contributed by atoms with E-state index in [1.54, 1.807) is 25.1 Å². The molecule has 0 aromatic heterocycles. The molecule has 0 aliphatic carbocycles. The molecule has 1 heterocycles. The smallest absolute Gasteiger partial charge is 0.313 e. The van der Waals surface area contributed by atoms with Gasteiger partial charge in [0.2, 0.25) is 0 Å². The Morgan fingerprint density at radius 2 is 2.04 bits per heavy atom. The lowest BCUT2D eigenvalue weighted by molar-refractivity contribution is -0.153. The molecule has 0 spiro atoms. The minimum absolute atomic E-state index is 0.129. The highest BCUT2D eigenvalue weighted by molar-refractivity contribution is 6.39. The van der Waals surface area contributed by atoms with Crippen LogP contribution < -0.4 is 5.32 Å². The van der Waals surface area contributed by atoms with Gasteiger partial charge in [-0.1, -0.05) is 12.1 Å². The highest BCUT2D eigenvalue weighted by Crippen LogP contribution is 2.19. The van der Waals surface area contributed by atoms with E-state index >= 15 is 0 Å². The van der Waals surface area contributed by atoms with Crippen molar-refractivity contribution in [1.82, 2.24) is 4.90 Å². The van der Waals surface area contributed by atoms with Crippen molar-refractivity contribution in [1.29, 1.82) is 0 Å². The van der Waals surface area contributed by atoms with Crippen LogP contribution >= 0.6 is 0 Å². The first kappa shape index (κ1) is 18.6. The summed E-state index contributed by atoms with van der Waals surface area (Å²) in [5.41, 5.74) is 0.829. The number of amides is 2. The Hall–Kier alpha value is -2.70. The van der Waals surface area contributed by atoms with Gasteiger partial charge in [-0.3, -0.25) is 19.2 Å². The van der Waals surface area contributed by atoms with Crippen LogP contribution in [-0.2, 0) is 19.1 Å². The van der Waals surface area contributed by atoms with Crippen LogP contribution in [0.2, 0.25) is 0 Å². The third-order valence-corrected chi connectivity index (χ3v) is 4.05. The topological polar surface area (TPSA) is 92.8 Å². The number of piperidine rings is 1. The molecular weight excluding hydrogens is 324 g/mol. The second-order valence-electron chi connectivity index (χ2n) is 5.93. The molecule has 1 N–H and O–H groups in total. The van der Waals surface area contributed by atoms with Crippen molar-refractivity contribution in [3.05, 3.63) is 29.8 Å². The van der Waals surface area contributed by atoms with Crippen molar-refractivity contribution >= 4 is 29.3 Å². The van der Waals surface area contributed by atoms with Gasteiger partial charge < -0.3 is 15.0 Å². The fraction of sp³-hybridized carbons (Fsp3) is 0.444. The van der Waals surface area contributed by atoms with E-state index in [2.05, 4.69) is 5.32 Å². The predicted molar refractivity (Wildman–Crippen MR) is 91.0 cm³/mol. The molecule has 7 nitrogen and oxygen atoms in total. The van der Waals surface area contributed by atoms with Crippen LogP contribution in [0.5, 0.6) is 0 Å². The van der Waals surface area contributed by atoms with Crippen LogP contribution in [-0.4, -0.2) is 48.2 Å². The Balaban J connectivity index is 1.99. The maximum absolute atomic E-state index is 12.3. The van der Waals surface area contributed by atoms with Crippen molar-refractivity contribution < 1.29 is 23.9 Å². The molecule has 0 bridgehead atoms. The normalized spacial score (nSPS) is 16.9. The maximum Gasteiger partial charge on any atom is 0.313 e. The van der Waals surface area contributed by atoms with Crippen molar-refractivity contribution in [3.8, 4) is 0 Å². The molecule has 1 unspecified atom stereocenters. The summed E-state index contributed by atoms with van der Waals surface area (Å²) in [4.78, 5) is 49.1. The fourth-order valence-electron chi connectivity index (χ4n) is 2.76. The Bertz CT molecular complexity index is 686. The summed E-state index contributed by atoms with van der Waals surface area (Å²) in [6, 6.07) is 6.39. The van der Waals surface area contributed by atoms with Crippen LogP contribution in [0.1, 0.15) is 37.0 Å². The fourth-order valence-corrected chi connectivity index (χ4v) is 2.76. The number of nitrogens with one attached hydrogen (secondary N) is 1. The van der Waals surface area contributed by atoms with Gasteiger partial charge in [0.15, 0.2) is 5.78 Å². The molecule has 1 aromatic rings. The first-order valence-electron chi connectivity index (χ1n) is 8.30. The molecule has 1 saturated heterocycles. The van der Waals surface area contributed by atoms with Crippen molar-refractivity contribution in [2.24, 2.45) is 5.92 Å². The van der Waals surface area contributed by atoms with Gasteiger partial charge in [0.25, 0.3) is 0 Å². The third kappa shape index (κ3) is 4.89. The number of likely N-dealkylation sites (tertiary alicyclic amines) is 1. The van der Waals surface area contributed by atoms with Crippen LogP contribution in [0.15, 0.2) is 24.3 Å². The summed E-state index contributed by atoms with van der Waals surface area (Å²) in [6.45, 7) is 4.05. The van der Waals surface area contributed by atoms with Crippen molar-refractivity contribution in [2.75, 3.05) is 25.0 Å². The lowest BCUT2D eigenvalue weighted by Crippen LogP contribution is -2.47. The minimum Gasteiger partial charge on any atom is -0.466 e. The summed E-state index contributed by atoms with van der Waals surface area (Å²) in [5, 5.41) is 2.50. The first-order chi connectivity index (χ1) is 11.9. The standard InChI is InChI=1S/C18H22N2O5/c1-3-25-18(24)14-7-5-9-20(11-14)17(23)16(22)19-15-8-4-6-13(10-15)12(2)21/h4,6,8,10,14H,3,5,7,9,11H2,1-2H3,(H,19,22). The SMILES string of the molecule is CCOC(=O)C1CCCN(C(=O)C(=O)Nc2cccc(C(C)=O)c2)C1. The summed E-state index contributed by atoms with van der Waals surface area (Å²) >= 11 is 0. The van der Waals surface area contributed by atoms with E-state index in [4.69, 9.17) is 4.74 Å². The number of carbonyl (C=O) groups is 4. The van der Waals surface area contributed by atoms with Gasteiger partial charge in [-0.15, -0.1) is 0 Å². The van der Waals surface area contributed by atoms with Crippen molar-refractivity contribution in [2.45, 2.75) is 26.7 Å². The molecule has 25 heavy (non-hydrogen) atoms. The van der Waals surface area contributed by atoms with E-state index in [1.165, 1.54) is 17.9 Å². The number of hydrogen-bond acceptors (Lipinski definition) is 5. The molecule has 1 aliphatic heterocycles. The molecule has 1 fully saturated rings. The Morgan fingerprint density at radius 1 is 1.28 bits per heavy atom. The van der Waals surface area contributed by atoms with Crippen LogP contribution in [0.4, 0.5) is 5.69 Å². The third-order valence-electron chi connectivity index (χ3n) is 4.05. The highest BCUT2D eigenvalue weighted by Gasteiger charge is 2.32. The Morgan fingerprint density at radius 3 is 2.72 bits per heavy atom. The molecule has 134 valence electrons. The lowest BCUT2D eigenvalue weighted by atomic mass is 9.98. The summed E-state index contributed by atoms with van der Waals surface area (Å²) in [7, 11) is 0. The number of anilines is 1. The number of carbonyl (C=O) groups excluding carboxylic acids is 4. The second kappa shape index (κ2) is 8.41. The number of rotatable bonds is 4. The molecular formula is C18H22N2O5. The van der Waals surface area contributed by atoms with Gasteiger partial charge in [-0.25, -0.2) is 0 Å². The number of ether oxygens (including phenoxy) is 1. The number of benzene rings is 1. The van der Waals surface area contributed by atoms with E-state index in [0.717, 1.165) is 0 Å². The molecule has 1 atom stereocenters. The molecule has 1 aromatic carbocycles. The number of hydrogen-bond donors (Lipinski definition) is 1. The van der Waals surface area contributed by atoms with Gasteiger partial charge in [0.1, 0.15) is 0 Å². The lowest BCUT2D eigenvalue weighted by Gasteiger charge is -2.31. The molecule has 7 heteroatoms. The van der Waals surface area contributed by atoms with Gasteiger partial charge in [-0.05, 0) is 38.8 Å². The summed E-state index contributed by atoms with van der Waals surface area (Å²) < 4.78 is 4.99. The molecule has 2 amide bonds. The Kier molecular flexibility index (Phi) is 6.27. The largest absolute Gasteiger partial charge is 0.466 e. The van der Waals surface area contributed by atoms with Gasteiger partial charge in [0, 0.05) is 24.3 Å². The van der Waals surface area contributed by atoms with E-state index in [9.17, 15) is 19.2 Å². The number of esters is 1. The van der Waals surface area contributed by atoms with Crippen molar-refractivity contribution in [3.63, 3.8) is 0 Å². The van der Waals surface area contributed by atoms with E-state index in [0.29, 0.717) is 30.6 Å². The van der Waals surface area contributed by atoms with Gasteiger partial charge in [-0.2, -0.15) is 0 Å². The number of Topliss-reactive ketones (excluding diaryl/α,β-unsaturated/α-hetero) is 1. The average molecular weight is 346 g/mol. The summed E-state index contributed by atoms with van der Waals surface area (Å²) in [5.74, 6) is -2.34. The molecule has 2 rings (SSSR count). The Labute approximate surface area is 146 Å². The van der Waals surface area contributed by atoms with E-state index in [-0.39, 0.29) is 24.9 Å². The van der Waals surface area contributed by atoms with Crippen LogP contribution in [0, 0.1) is 5.92 Å². The van der Waals surface area contributed by atoms with Crippen LogP contribution in [0.3, 0.4) is 0 Å². The second-order valence-corrected chi connectivity index (χ2v) is 5.93. The van der Waals surface area contributed by atoms with E-state index < -0.39 is 17.7 Å². The first-order valence-corrected chi connectivity index (χ1v) is 8.30. The predicted octanol–water partition coefficient (Wildman–Crippen LogP) is 1.63. The zero-order valence-electron chi connectivity index (χ0n) is 14.4. The molecule has 1 aliphatic rings. The van der Waals surface area contributed by atoms with Crippen LogP contribution in [0.25, 0.3) is 0 Å². The maximum atomic E-state index is 12.3. The number of ketones is 1. The average Bonchev–Trinajstić information content (AvgIpc) is 2.61. The quantitative estimate of drug-likeness (QED) is 0.508. The number of nitrogens with zero attached hydrogens (tertiary/aromatic N) is 1. The van der Waals surface area contributed by atoms with Gasteiger partial charge in [0.05, 0.1) is 12.5 Å². The monoisotopic (exact) mass is 346 g/mol. The van der Waals surface area contributed by atoms with Gasteiger partial charge >= 0.3 is 17.8 Å². The molecule has 0 saturated carbocycles. The molecule has 0 radical (unpaired) electrons. The zero-order chi connectivity index (χ0) is 18.4. The summed E-state index contributed by atoms with van der Waals surface area (Å²) in [6.07, 6.45) is 1.28. The highest BCUT2D eigenvalue weighted by atomic mass is 16.5.